The molecule has 1 aromatic carbocycles. The summed E-state index contributed by atoms with van der Waals surface area (Å²) in [5.74, 6) is 0. The minimum Gasteiger partial charge on any atom is -0.266 e. The number of aromatic nitrogens is 4. The van der Waals surface area contributed by atoms with Crippen molar-refractivity contribution in [2.75, 3.05) is 0 Å². The third-order valence-electron chi connectivity index (χ3n) is 4.06. The van der Waals surface area contributed by atoms with Crippen molar-refractivity contribution in [2.45, 2.75) is 20.8 Å². The van der Waals surface area contributed by atoms with E-state index in [9.17, 15) is 4.79 Å². The van der Waals surface area contributed by atoms with Gasteiger partial charge in [0.05, 0.1) is 5.69 Å². The number of benzene rings is 1. The Labute approximate surface area is 136 Å². The van der Waals surface area contributed by atoms with Crippen LogP contribution in [0.3, 0.4) is 0 Å². The highest BCUT2D eigenvalue weighted by atomic mass is 32.1. The Morgan fingerprint density at radius 1 is 1.09 bits per heavy atom. The maximum atomic E-state index is 12.9. The van der Waals surface area contributed by atoms with Crippen molar-refractivity contribution in [1.82, 2.24) is 20.0 Å². The van der Waals surface area contributed by atoms with Crippen molar-refractivity contribution < 1.29 is 0 Å². The minimum atomic E-state index is -0.150. The molecule has 114 valence electrons. The second-order valence-electron chi connectivity index (χ2n) is 5.62. The van der Waals surface area contributed by atoms with Gasteiger partial charge in [0.25, 0.3) is 5.56 Å². The first-order valence-corrected chi connectivity index (χ1v) is 8.10. The van der Waals surface area contributed by atoms with Gasteiger partial charge in [0.1, 0.15) is 15.0 Å². The molecule has 0 atom stereocenters. The number of thiophene rings is 1. The van der Waals surface area contributed by atoms with Crippen LogP contribution in [-0.2, 0) is 0 Å². The number of nitrogens with zero attached hydrogens (tertiary/aromatic N) is 4. The zero-order valence-corrected chi connectivity index (χ0v) is 13.8. The smallest absolute Gasteiger partial charge is 0.266 e. The van der Waals surface area contributed by atoms with Gasteiger partial charge in [-0.2, -0.15) is 4.68 Å². The van der Waals surface area contributed by atoms with E-state index >= 15 is 0 Å². The Kier molecular flexibility index (Phi) is 3.02. The summed E-state index contributed by atoms with van der Waals surface area (Å²) in [4.78, 5) is 18.3. The van der Waals surface area contributed by atoms with Gasteiger partial charge < -0.3 is 0 Å². The van der Waals surface area contributed by atoms with Crippen molar-refractivity contribution in [2.24, 2.45) is 0 Å². The molecule has 0 spiro atoms. The summed E-state index contributed by atoms with van der Waals surface area (Å²) >= 11 is 1.38. The van der Waals surface area contributed by atoms with Gasteiger partial charge in [0.2, 0.25) is 0 Å². The van der Waals surface area contributed by atoms with E-state index < -0.39 is 0 Å². The molecule has 6 heteroatoms. The van der Waals surface area contributed by atoms with Gasteiger partial charge in [-0.25, -0.2) is 4.98 Å². The monoisotopic (exact) mass is 322 g/mol. The molecule has 5 nitrogen and oxygen atoms in total. The van der Waals surface area contributed by atoms with Crippen LogP contribution in [0.25, 0.3) is 26.1 Å². The molecule has 3 aromatic heterocycles. The highest BCUT2D eigenvalue weighted by Crippen LogP contribution is 2.30. The first kappa shape index (κ1) is 14.0. The first-order valence-electron chi connectivity index (χ1n) is 7.29. The van der Waals surface area contributed by atoms with E-state index in [2.05, 4.69) is 15.3 Å². The number of fused-ring (bicyclic) bond motifs is 3. The van der Waals surface area contributed by atoms with Crippen LogP contribution >= 0.6 is 11.3 Å². The van der Waals surface area contributed by atoms with Gasteiger partial charge in [-0.3, -0.25) is 4.79 Å². The standard InChI is InChI=1S/C17H14N4OS/c1-9-6-4-5-7-13(9)21-17(22)15-14(19-20-21)12-8-10(2)11(3)18-16(12)23-15/h4-8H,1-3H3. The number of aryl methyl sites for hydroxylation is 3. The molecule has 23 heavy (non-hydrogen) atoms. The van der Waals surface area contributed by atoms with E-state index in [4.69, 9.17) is 0 Å². The molecule has 0 aliphatic heterocycles. The van der Waals surface area contributed by atoms with E-state index in [1.54, 1.807) is 0 Å². The van der Waals surface area contributed by atoms with Crippen LogP contribution in [0, 0.1) is 20.8 Å². The van der Waals surface area contributed by atoms with Crippen molar-refractivity contribution in [3.63, 3.8) is 0 Å². The fourth-order valence-electron chi connectivity index (χ4n) is 2.63. The van der Waals surface area contributed by atoms with Gasteiger partial charge in [0, 0.05) is 11.1 Å². The Morgan fingerprint density at radius 2 is 1.87 bits per heavy atom. The quantitative estimate of drug-likeness (QED) is 0.539. The summed E-state index contributed by atoms with van der Waals surface area (Å²) in [5, 5.41) is 9.34. The number of hydrogen-bond acceptors (Lipinski definition) is 5. The van der Waals surface area contributed by atoms with Crippen LogP contribution in [0.4, 0.5) is 0 Å². The molecule has 0 saturated carbocycles. The lowest BCUT2D eigenvalue weighted by Gasteiger charge is -2.06. The van der Waals surface area contributed by atoms with E-state index in [0.29, 0.717) is 10.2 Å². The van der Waals surface area contributed by atoms with Gasteiger partial charge in [0.15, 0.2) is 0 Å². The van der Waals surface area contributed by atoms with E-state index in [1.807, 2.05) is 51.1 Å². The van der Waals surface area contributed by atoms with Gasteiger partial charge >= 0.3 is 0 Å². The highest BCUT2D eigenvalue weighted by molar-refractivity contribution is 7.25. The second kappa shape index (κ2) is 4.96. The first-order chi connectivity index (χ1) is 11.1. The molecule has 0 fully saturated rings. The molecule has 0 bridgehead atoms. The predicted molar refractivity (Wildman–Crippen MR) is 92.5 cm³/mol. The zero-order valence-electron chi connectivity index (χ0n) is 13.0. The summed E-state index contributed by atoms with van der Waals surface area (Å²) in [7, 11) is 0. The van der Waals surface area contributed by atoms with Crippen LogP contribution in [0.2, 0.25) is 0 Å². The number of pyridine rings is 1. The zero-order chi connectivity index (χ0) is 16.1. The Bertz CT molecular complexity index is 1130. The second-order valence-corrected chi connectivity index (χ2v) is 6.62. The summed E-state index contributed by atoms with van der Waals surface area (Å²) < 4.78 is 1.96. The summed E-state index contributed by atoms with van der Waals surface area (Å²) in [6, 6.07) is 9.68. The Morgan fingerprint density at radius 3 is 2.65 bits per heavy atom. The van der Waals surface area contributed by atoms with E-state index in [0.717, 1.165) is 32.7 Å². The SMILES string of the molecule is Cc1ccccc1-n1nnc2c(sc3nc(C)c(C)cc32)c1=O. The maximum absolute atomic E-state index is 12.9. The lowest BCUT2D eigenvalue weighted by molar-refractivity contribution is 0.737. The van der Waals surface area contributed by atoms with E-state index in [1.165, 1.54) is 16.0 Å². The van der Waals surface area contributed by atoms with Gasteiger partial charge in [-0.15, -0.1) is 16.4 Å². The number of hydrogen-bond donors (Lipinski definition) is 0. The van der Waals surface area contributed by atoms with Crippen LogP contribution in [-0.4, -0.2) is 20.0 Å². The lowest BCUT2D eigenvalue weighted by Crippen LogP contribution is -2.22. The molecular weight excluding hydrogens is 308 g/mol. The fourth-order valence-corrected chi connectivity index (χ4v) is 3.69. The molecule has 0 saturated heterocycles. The third-order valence-corrected chi connectivity index (χ3v) is 5.14. The maximum Gasteiger partial charge on any atom is 0.292 e. The molecule has 0 aliphatic carbocycles. The molecule has 0 unspecified atom stereocenters. The van der Waals surface area contributed by atoms with Crippen molar-refractivity contribution in [3.8, 4) is 5.69 Å². The molecule has 0 aliphatic rings. The number of rotatable bonds is 1. The fraction of sp³-hybridized carbons (Fsp3) is 0.176. The van der Waals surface area contributed by atoms with Crippen molar-refractivity contribution in [3.05, 3.63) is 57.5 Å². The molecular formula is C17H14N4OS. The summed E-state index contributed by atoms with van der Waals surface area (Å²) in [6.07, 6.45) is 0. The summed E-state index contributed by atoms with van der Waals surface area (Å²) in [6.45, 7) is 5.93. The average molecular weight is 322 g/mol. The molecule has 4 rings (SSSR count). The molecule has 0 radical (unpaired) electrons. The van der Waals surface area contributed by atoms with Gasteiger partial charge in [-0.05, 0) is 44.0 Å². The van der Waals surface area contributed by atoms with Crippen LogP contribution in [0.5, 0.6) is 0 Å². The predicted octanol–water partition coefficient (Wildman–Crippen LogP) is 3.32. The minimum absolute atomic E-state index is 0.150. The average Bonchev–Trinajstić information content (AvgIpc) is 2.88. The topological polar surface area (TPSA) is 60.7 Å². The van der Waals surface area contributed by atoms with Gasteiger partial charge in [-0.1, -0.05) is 23.4 Å². The van der Waals surface area contributed by atoms with Crippen molar-refractivity contribution in [1.29, 1.82) is 0 Å². The Hall–Kier alpha value is -2.60. The number of para-hydroxylation sites is 1. The molecule has 0 amide bonds. The van der Waals surface area contributed by atoms with Crippen LogP contribution in [0.1, 0.15) is 16.8 Å². The van der Waals surface area contributed by atoms with Crippen molar-refractivity contribution >= 4 is 31.8 Å². The summed E-state index contributed by atoms with van der Waals surface area (Å²) in [5.41, 5.74) is 4.27. The van der Waals surface area contributed by atoms with Crippen LogP contribution < -0.4 is 5.56 Å². The Balaban J connectivity index is 2.08. The third kappa shape index (κ3) is 2.06. The molecule has 0 N–H and O–H groups in total. The van der Waals surface area contributed by atoms with E-state index in [-0.39, 0.29) is 5.56 Å². The largest absolute Gasteiger partial charge is 0.292 e. The lowest BCUT2D eigenvalue weighted by atomic mass is 10.2. The normalized spacial score (nSPS) is 11.4. The molecule has 4 aromatic rings. The van der Waals surface area contributed by atoms with Crippen LogP contribution in [0.15, 0.2) is 35.1 Å². The molecule has 3 heterocycles. The highest BCUT2D eigenvalue weighted by Gasteiger charge is 2.16.